The first-order valence-corrected chi connectivity index (χ1v) is 3.80. The number of aliphatic imine (C=N–C) groups is 1. The van der Waals surface area contributed by atoms with Crippen molar-refractivity contribution in [1.29, 1.82) is 0 Å². The fraction of sp³-hybridized carbons (Fsp3) is 0.400. The van der Waals surface area contributed by atoms with Gasteiger partial charge in [-0.25, -0.2) is 4.99 Å². The first-order chi connectivity index (χ1) is 4.61. The molecule has 1 aliphatic rings. The van der Waals surface area contributed by atoms with Crippen LogP contribution in [-0.2, 0) is 0 Å². The zero-order valence-corrected chi connectivity index (χ0v) is 7.43. The molecular formula is C5H5Cl3N2. The number of hydrogen-bond acceptors (Lipinski definition) is 2. The summed E-state index contributed by atoms with van der Waals surface area (Å²) in [5.41, 5.74) is 0. The van der Waals surface area contributed by atoms with Crippen molar-refractivity contribution in [1.82, 2.24) is 5.32 Å². The molecule has 1 atom stereocenters. The lowest BCUT2D eigenvalue weighted by Crippen LogP contribution is -2.24. The summed E-state index contributed by atoms with van der Waals surface area (Å²) in [5, 5.41) is 3.71. The molecule has 0 bridgehead atoms. The van der Waals surface area contributed by atoms with E-state index in [0.717, 1.165) is 0 Å². The van der Waals surface area contributed by atoms with E-state index in [9.17, 15) is 0 Å². The summed E-state index contributed by atoms with van der Waals surface area (Å²) in [7, 11) is 0. The van der Waals surface area contributed by atoms with E-state index >= 15 is 0 Å². The highest BCUT2D eigenvalue weighted by Crippen LogP contribution is 2.21. The van der Waals surface area contributed by atoms with Gasteiger partial charge in [-0.15, -0.1) is 0 Å². The van der Waals surface area contributed by atoms with E-state index in [-0.39, 0.29) is 11.3 Å². The average Bonchev–Trinajstić information content (AvgIpc) is 1.82. The molecule has 1 unspecified atom stereocenters. The van der Waals surface area contributed by atoms with E-state index in [1.54, 1.807) is 0 Å². The molecule has 0 aromatic carbocycles. The summed E-state index contributed by atoms with van der Waals surface area (Å²) in [4.78, 5) is 3.91. The molecule has 0 fully saturated rings. The summed E-state index contributed by atoms with van der Waals surface area (Å²) in [6, 6.07) is -0.136. The summed E-state index contributed by atoms with van der Waals surface area (Å²) < 4.78 is 0. The monoisotopic (exact) mass is 198 g/mol. The Labute approximate surface area is 73.9 Å². The minimum Gasteiger partial charge on any atom is -0.320 e. The largest absolute Gasteiger partial charge is 0.320 e. The molecule has 1 aliphatic heterocycles. The van der Waals surface area contributed by atoms with Gasteiger partial charge in [0, 0.05) is 0 Å². The third-order valence-corrected chi connectivity index (χ3v) is 2.19. The molecule has 0 radical (unpaired) electrons. The van der Waals surface area contributed by atoms with Gasteiger partial charge >= 0.3 is 0 Å². The summed E-state index contributed by atoms with van der Waals surface area (Å²) >= 11 is 16.9. The maximum absolute atomic E-state index is 5.70. The molecule has 1 heterocycles. The zero-order chi connectivity index (χ0) is 7.72. The molecule has 2 nitrogen and oxygen atoms in total. The second kappa shape index (κ2) is 2.99. The smallest absolute Gasteiger partial charge is 0.197 e. The highest BCUT2D eigenvalue weighted by Gasteiger charge is 2.16. The van der Waals surface area contributed by atoms with Crippen LogP contribution in [0.3, 0.4) is 0 Å². The number of amidine groups is 1. The van der Waals surface area contributed by atoms with Crippen LogP contribution in [0.2, 0.25) is 0 Å². The first-order valence-electron chi connectivity index (χ1n) is 2.66. The molecule has 56 valence electrons. The van der Waals surface area contributed by atoms with Crippen molar-refractivity contribution >= 4 is 40.1 Å². The average molecular weight is 199 g/mol. The lowest BCUT2D eigenvalue weighted by atomic mass is 10.3. The highest BCUT2D eigenvalue weighted by atomic mass is 35.5. The van der Waals surface area contributed by atoms with Crippen molar-refractivity contribution in [3.05, 3.63) is 10.2 Å². The quantitative estimate of drug-likeness (QED) is 0.595. The molecule has 0 amide bonds. The van der Waals surface area contributed by atoms with Gasteiger partial charge in [-0.05, 0) is 18.5 Å². The van der Waals surface area contributed by atoms with E-state index in [2.05, 4.69) is 10.3 Å². The van der Waals surface area contributed by atoms with Gasteiger partial charge in [-0.3, -0.25) is 0 Å². The van der Waals surface area contributed by atoms with Crippen molar-refractivity contribution in [3.8, 4) is 0 Å². The Hall–Kier alpha value is 0.0800. The summed E-state index contributed by atoms with van der Waals surface area (Å²) in [5.74, 6) is 0. The second-order valence-corrected chi connectivity index (χ2v) is 3.03. The van der Waals surface area contributed by atoms with Crippen molar-refractivity contribution in [3.63, 3.8) is 0 Å². The van der Waals surface area contributed by atoms with Crippen LogP contribution in [0.25, 0.3) is 0 Å². The van der Waals surface area contributed by atoms with E-state index < -0.39 is 0 Å². The van der Waals surface area contributed by atoms with Gasteiger partial charge in [-0.1, -0.05) is 23.2 Å². The number of halogens is 3. The second-order valence-electron chi connectivity index (χ2n) is 1.88. The Kier molecular flexibility index (Phi) is 2.45. The third kappa shape index (κ3) is 1.57. The molecule has 0 aromatic heterocycles. The number of hydrogen-bond donors (Lipinski definition) is 1. The minimum absolute atomic E-state index is 0.136. The van der Waals surface area contributed by atoms with Crippen molar-refractivity contribution in [2.75, 3.05) is 0 Å². The van der Waals surface area contributed by atoms with Crippen molar-refractivity contribution < 1.29 is 0 Å². The maximum Gasteiger partial charge on any atom is 0.197 e. The number of nitrogens with zero attached hydrogens (tertiary/aromatic N) is 1. The van der Waals surface area contributed by atoms with E-state index in [0.29, 0.717) is 10.2 Å². The molecule has 0 saturated carbocycles. The fourth-order valence-electron chi connectivity index (χ4n) is 0.593. The lowest BCUT2D eigenvalue weighted by molar-refractivity contribution is 0.868. The number of nitrogens with one attached hydrogen (secondary N) is 1. The maximum atomic E-state index is 5.70. The Morgan fingerprint density at radius 2 is 2.00 bits per heavy atom. The first kappa shape index (κ1) is 8.18. The van der Waals surface area contributed by atoms with E-state index in [1.807, 2.05) is 6.92 Å². The number of rotatable bonds is 0. The fourth-order valence-corrected chi connectivity index (χ4v) is 1.23. The van der Waals surface area contributed by atoms with Gasteiger partial charge < -0.3 is 5.32 Å². The highest BCUT2D eigenvalue weighted by molar-refractivity contribution is 6.65. The predicted molar refractivity (Wildman–Crippen MR) is 44.6 cm³/mol. The van der Waals surface area contributed by atoms with Crippen LogP contribution >= 0.6 is 34.8 Å². The SMILES string of the molecule is CC1N=C(Cl)NC(Cl)=C1Cl. The van der Waals surface area contributed by atoms with Crippen LogP contribution in [0.4, 0.5) is 0 Å². The summed E-state index contributed by atoms with van der Waals surface area (Å²) in [6.07, 6.45) is 0. The van der Waals surface area contributed by atoms with Crippen LogP contribution in [0.5, 0.6) is 0 Å². The molecule has 0 saturated heterocycles. The molecule has 1 N–H and O–H groups in total. The van der Waals surface area contributed by atoms with Gasteiger partial charge in [0.1, 0.15) is 5.16 Å². The normalized spacial score (nSPS) is 26.0. The summed E-state index contributed by atoms with van der Waals surface area (Å²) in [6.45, 7) is 1.81. The molecule has 0 aliphatic carbocycles. The molecular weight excluding hydrogens is 194 g/mol. The Morgan fingerprint density at radius 3 is 2.50 bits per heavy atom. The minimum atomic E-state index is -0.136. The molecule has 10 heavy (non-hydrogen) atoms. The third-order valence-electron chi connectivity index (χ3n) is 1.10. The Bertz CT molecular complexity index is 209. The van der Waals surface area contributed by atoms with Gasteiger partial charge in [-0.2, -0.15) is 0 Å². The Morgan fingerprint density at radius 1 is 1.40 bits per heavy atom. The van der Waals surface area contributed by atoms with Crippen LogP contribution in [-0.4, -0.2) is 11.3 Å². The van der Waals surface area contributed by atoms with Crippen LogP contribution in [0, 0.1) is 0 Å². The Balaban J connectivity index is 2.85. The van der Waals surface area contributed by atoms with Gasteiger partial charge in [0.05, 0.1) is 11.1 Å². The van der Waals surface area contributed by atoms with Crippen LogP contribution in [0.15, 0.2) is 15.2 Å². The molecule has 1 rings (SSSR count). The van der Waals surface area contributed by atoms with Crippen molar-refractivity contribution in [2.24, 2.45) is 4.99 Å². The zero-order valence-electron chi connectivity index (χ0n) is 5.16. The molecule has 5 heteroatoms. The molecule has 0 aromatic rings. The van der Waals surface area contributed by atoms with Crippen LogP contribution < -0.4 is 5.32 Å². The van der Waals surface area contributed by atoms with Gasteiger partial charge in [0.25, 0.3) is 0 Å². The lowest BCUT2D eigenvalue weighted by Gasteiger charge is -2.15. The topological polar surface area (TPSA) is 24.4 Å². The predicted octanol–water partition coefficient (Wildman–Crippen LogP) is 2.22. The van der Waals surface area contributed by atoms with Gasteiger partial charge in [0.2, 0.25) is 0 Å². The van der Waals surface area contributed by atoms with Gasteiger partial charge in [0.15, 0.2) is 5.29 Å². The van der Waals surface area contributed by atoms with Crippen molar-refractivity contribution in [2.45, 2.75) is 13.0 Å². The standard InChI is InChI=1S/C5H5Cl3N2/c1-2-3(6)4(7)10-5(8)9-2/h2H,1H3,(H,9,10). The van der Waals surface area contributed by atoms with E-state index in [4.69, 9.17) is 34.8 Å². The van der Waals surface area contributed by atoms with E-state index in [1.165, 1.54) is 0 Å². The molecule has 0 spiro atoms. The van der Waals surface area contributed by atoms with Crippen LogP contribution in [0.1, 0.15) is 6.92 Å².